The third-order valence-electron chi connectivity index (χ3n) is 8.84. The number of halogens is 2. The molecule has 7 nitrogen and oxygen atoms in total. The molecule has 0 radical (unpaired) electrons. The summed E-state index contributed by atoms with van der Waals surface area (Å²) < 4.78 is 75.4. The van der Waals surface area contributed by atoms with Crippen LogP contribution in [-0.2, 0) is 24.8 Å². The maximum atomic E-state index is 15.5. The number of sulfonamides is 2. The molecule has 0 N–H and O–H groups in total. The van der Waals surface area contributed by atoms with Crippen molar-refractivity contribution in [3.8, 4) is 0 Å². The molecule has 2 heterocycles. The zero-order valence-electron chi connectivity index (χ0n) is 24.7. The van der Waals surface area contributed by atoms with Gasteiger partial charge in [-0.15, -0.1) is 0 Å². The average Bonchev–Trinajstić information content (AvgIpc) is 3.01. The molecule has 234 valence electrons. The number of aryl methyl sites for hydroxylation is 2. The van der Waals surface area contributed by atoms with Crippen LogP contribution in [-0.4, -0.2) is 43.8 Å². The predicted molar refractivity (Wildman–Crippen MR) is 170 cm³/mol. The van der Waals surface area contributed by atoms with E-state index in [1.807, 2.05) is 38.1 Å². The molecular formula is C34H32ClFN2O5S2. The summed E-state index contributed by atoms with van der Waals surface area (Å²) in [7, 11) is -8.46. The van der Waals surface area contributed by atoms with Crippen molar-refractivity contribution in [2.24, 2.45) is 5.92 Å². The van der Waals surface area contributed by atoms with E-state index in [0.717, 1.165) is 11.1 Å². The molecule has 4 aromatic rings. The van der Waals surface area contributed by atoms with Crippen molar-refractivity contribution in [3.05, 3.63) is 130 Å². The number of hydrogen-bond acceptors (Lipinski definition) is 5. The lowest BCUT2D eigenvalue weighted by atomic mass is 9.77. The van der Waals surface area contributed by atoms with Gasteiger partial charge in [0.05, 0.1) is 21.9 Å². The Morgan fingerprint density at radius 1 is 0.733 bits per heavy atom. The Balaban J connectivity index is 1.52. The molecule has 6 rings (SSSR count). The maximum Gasteiger partial charge on any atom is 0.243 e. The molecule has 11 heteroatoms. The first kappa shape index (κ1) is 31.6. The van der Waals surface area contributed by atoms with Gasteiger partial charge >= 0.3 is 0 Å². The van der Waals surface area contributed by atoms with Gasteiger partial charge in [0.15, 0.2) is 0 Å². The average molecular weight is 667 g/mol. The minimum absolute atomic E-state index is 0.00532. The normalized spacial score (nSPS) is 23.1. The number of piperidine rings is 2. The number of Topliss-reactive ketones (excluding diaryl/α,β-unsaturated/α-hetero) is 1. The Kier molecular flexibility index (Phi) is 8.47. The van der Waals surface area contributed by atoms with Crippen molar-refractivity contribution in [2.75, 3.05) is 6.54 Å². The van der Waals surface area contributed by atoms with Crippen LogP contribution >= 0.6 is 11.6 Å². The lowest BCUT2D eigenvalue weighted by Gasteiger charge is -2.51. The zero-order chi connectivity index (χ0) is 32.1. The minimum atomic E-state index is -4.24. The van der Waals surface area contributed by atoms with Crippen LogP contribution in [0.1, 0.15) is 47.2 Å². The van der Waals surface area contributed by atoms with Gasteiger partial charge in [-0.2, -0.15) is 8.61 Å². The molecular weight excluding hydrogens is 635 g/mol. The van der Waals surface area contributed by atoms with Gasteiger partial charge in [-0.05, 0) is 68.3 Å². The van der Waals surface area contributed by atoms with E-state index in [9.17, 15) is 21.6 Å². The summed E-state index contributed by atoms with van der Waals surface area (Å²) in [5.41, 5.74) is 2.59. The first-order valence-corrected chi connectivity index (χ1v) is 17.8. The van der Waals surface area contributed by atoms with Crippen molar-refractivity contribution in [1.29, 1.82) is 0 Å². The highest BCUT2D eigenvalue weighted by Crippen LogP contribution is 2.48. The smallest absolute Gasteiger partial charge is 0.243 e. The van der Waals surface area contributed by atoms with E-state index in [-0.39, 0.29) is 40.5 Å². The SMILES string of the molecule is Cc1ccc([C@@H]2CC(=O)[C@@H]3CN(S(=O)(=O)c4ccc(C)cc4)C(c4ccccc4F)C[C@@H]3N2S(=O)(=O)c2ccc(Cl)cc2)cc1. The molecule has 2 saturated heterocycles. The zero-order valence-corrected chi connectivity index (χ0v) is 27.1. The second-order valence-electron chi connectivity index (χ2n) is 11.7. The van der Waals surface area contributed by atoms with Gasteiger partial charge in [-0.25, -0.2) is 21.2 Å². The maximum absolute atomic E-state index is 15.5. The number of carbonyl (C=O) groups excluding carboxylic acids is 1. The van der Waals surface area contributed by atoms with Gasteiger partial charge in [-0.1, -0.05) is 77.3 Å². The van der Waals surface area contributed by atoms with E-state index in [0.29, 0.717) is 10.6 Å². The summed E-state index contributed by atoms with van der Waals surface area (Å²) in [6.07, 6.45) is -0.266. The molecule has 0 saturated carbocycles. The highest BCUT2D eigenvalue weighted by atomic mass is 35.5. The van der Waals surface area contributed by atoms with E-state index < -0.39 is 49.9 Å². The molecule has 0 amide bonds. The standard InChI is InChI=1S/C34H32ClFN2O5S2/c1-22-7-11-24(12-8-22)31-20-34(39)29-21-37(44(40,41)26-15-9-23(2)10-16-26)32(28-5-3-4-6-30(28)36)19-33(29)38(31)45(42,43)27-17-13-25(35)14-18-27/h3-18,29,31-33H,19-21H2,1-2H3/t29-,31+,32?,33+/m1/s1. The monoisotopic (exact) mass is 666 g/mol. The van der Waals surface area contributed by atoms with Crippen molar-refractivity contribution < 1.29 is 26.0 Å². The number of nitrogens with zero attached hydrogens (tertiary/aromatic N) is 2. The van der Waals surface area contributed by atoms with Crippen LogP contribution in [0.5, 0.6) is 0 Å². The fraction of sp³-hybridized carbons (Fsp3) is 0.265. The third kappa shape index (κ3) is 5.86. The molecule has 4 aromatic carbocycles. The summed E-state index contributed by atoms with van der Waals surface area (Å²) in [4.78, 5) is 14.0. The van der Waals surface area contributed by atoms with Crippen LogP contribution in [0.25, 0.3) is 0 Å². The summed E-state index contributed by atoms with van der Waals surface area (Å²) in [6, 6.07) is 22.5. The summed E-state index contributed by atoms with van der Waals surface area (Å²) in [6.45, 7) is 3.45. The molecule has 0 aliphatic carbocycles. The quantitative estimate of drug-likeness (QED) is 0.231. The van der Waals surface area contributed by atoms with Gasteiger partial charge in [0.1, 0.15) is 11.6 Å². The predicted octanol–water partition coefficient (Wildman–Crippen LogP) is 6.62. The highest BCUT2D eigenvalue weighted by Gasteiger charge is 2.54. The van der Waals surface area contributed by atoms with Crippen LogP contribution in [0, 0.1) is 25.6 Å². The lowest BCUT2D eigenvalue weighted by molar-refractivity contribution is -0.132. The van der Waals surface area contributed by atoms with Crippen molar-refractivity contribution >= 4 is 37.4 Å². The molecule has 0 aromatic heterocycles. The van der Waals surface area contributed by atoms with Crippen LogP contribution in [0.15, 0.2) is 107 Å². The molecule has 2 aliphatic heterocycles. The second-order valence-corrected chi connectivity index (χ2v) is 15.9. The Morgan fingerprint density at radius 3 is 1.91 bits per heavy atom. The van der Waals surface area contributed by atoms with Crippen LogP contribution in [0.3, 0.4) is 0 Å². The topological polar surface area (TPSA) is 91.8 Å². The Hall–Kier alpha value is -3.41. The lowest BCUT2D eigenvalue weighted by Crippen LogP contribution is -2.61. The van der Waals surface area contributed by atoms with Crippen LogP contribution in [0.2, 0.25) is 5.02 Å². The largest absolute Gasteiger partial charge is 0.299 e. The van der Waals surface area contributed by atoms with Crippen molar-refractivity contribution in [2.45, 2.75) is 54.6 Å². The van der Waals surface area contributed by atoms with E-state index in [1.165, 1.54) is 63.2 Å². The summed E-state index contributed by atoms with van der Waals surface area (Å²) in [5, 5.41) is 0.366. The number of carbonyl (C=O) groups is 1. The second kappa shape index (κ2) is 12.1. The molecule has 2 aliphatic rings. The van der Waals surface area contributed by atoms with Gasteiger partial charge in [-0.3, -0.25) is 4.79 Å². The van der Waals surface area contributed by atoms with Gasteiger partial charge in [0, 0.05) is 35.5 Å². The number of benzene rings is 4. The number of fused-ring (bicyclic) bond motifs is 1. The van der Waals surface area contributed by atoms with Crippen LogP contribution < -0.4 is 0 Å². The van der Waals surface area contributed by atoms with E-state index in [2.05, 4.69) is 0 Å². The minimum Gasteiger partial charge on any atom is -0.299 e. The Labute approximate surface area is 268 Å². The van der Waals surface area contributed by atoms with E-state index in [1.54, 1.807) is 18.2 Å². The van der Waals surface area contributed by atoms with Crippen LogP contribution in [0.4, 0.5) is 4.39 Å². The fourth-order valence-electron chi connectivity index (χ4n) is 6.48. The van der Waals surface area contributed by atoms with Gasteiger partial charge in [0.25, 0.3) is 0 Å². The molecule has 0 bridgehead atoms. The molecule has 1 unspecified atom stereocenters. The number of rotatable bonds is 6. The van der Waals surface area contributed by atoms with Crippen molar-refractivity contribution in [1.82, 2.24) is 8.61 Å². The molecule has 2 fully saturated rings. The van der Waals surface area contributed by atoms with E-state index >= 15 is 4.39 Å². The Bertz CT molecular complexity index is 1950. The first-order chi connectivity index (χ1) is 21.4. The number of hydrogen-bond donors (Lipinski definition) is 0. The Morgan fingerprint density at radius 2 is 1.29 bits per heavy atom. The van der Waals surface area contributed by atoms with Gasteiger partial charge in [0.2, 0.25) is 20.0 Å². The molecule has 0 spiro atoms. The van der Waals surface area contributed by atoms with Crippen molar-refractivity contribution in [3.63, 3.8) is 0 Å². The molecule has 45 heavy (non-hydrogen) atoms. The highest BCUT2D eigenvalue weighted by molar-refractivity contribution is 7.89. The van der Waals surface area contributed by atoms with Gasteiger partial charge < -0.3 is 0 Å². The van der Waals surface area contributed by atoms with E-state index in [4.69, 9.17) is 11.6 Å². The number of ketones is 1. The molecule has 4 atom stereocenters. The third-order valence-corrected chi connectivity index (χ3v) is 12.9. The summed E-state index contributed by atoms with van der Waals surface area (Å²) in [5.74, 6) is -1.84. The summed E-state index contributed by atoms with van der Waals surface area (Å²) >= 11 is 6.09. The first-order valence-electron chi connectivity index (χ1n) is 14.6. The fourth-order valence-corrected chi connectivity index (χ4v) is 10.1.